The smallest absolute Gasteiger partial charge is 0.157 e. The molecule has 2 N–H and O–H groups in total. The van der Waals surface area contributed by atoms with E-state index in [1.54, 1.807) is 0 Å². The quantitative estimate of drug-likeness (QED) is 0.562. The molecule has 0 aliphatic rings. The van der Waals surface area contributed by atoms with Crippen LogP contribution in [0, 0.1) is 6.92 Å². The summed E-state index contributed by atoms with van der Waals surface area (Å²) in [6, 6.07) is 28.1. The Morgan fingerprint density at radius 3 is 2.00 bits per heavy atom. The number of benzene rings is 3. The summed E-state index contributed by atoms with van der Waals surface area (Å²) in [6.45, 7) is 2.63. The van der Waals surface area contributed by atoms with Gasteiger partial charge in [-0.25, -0.2) is 4.99 Å². The van der Waals surface area contributed by atoms with E-state index in [0.717, 1.165) is 16.7 Å². The molecule has 0 saturated carbocycles. The number of hydrogen-bond acceptors (Lipinski definition) is 1. The van der Waals surface area contributed by atoms with Crippen LogP contribution >= 0.6 is 0 Å². The first-order valence-corrected chi connectivity index (χ1v) is 8.27. The van der Waals surface area contributed by atoms with Gasteiger partial charge < -0.3 is 5.73 Å². The van der Waals surface area contributed by atoms with Gasteiger partial charge in [0.05, 0.1) is 6.54 Å². The van der Waals surface area contributed by atoms with Crippen molar-refractivity contribution in [1.82, 2.24) is 0 Å². The molecule has 3 rings (SSSR count). The Labute approximate surface area is 148 Å². The van der Waals surface area contributed by atoms with Crippen molar-refractivity contribution in [1.29, 1.82) is 0 Å². The van der Waals surface area contributed by atoms with Crippen LogP contribution in [0.2, 0.25) is 0 Å². The summed E-state index contributed by atoms with van der Waals surface area (Å²) in [5.41, 5.74) is 10.4. The fourth-order valence-corrected chi connectivity index (χ4v) is 2.43. The molecule has 25 heavy (non-hydrogen) atoms. The van der Waals surface area contributed by atoms with Gasteiger partial charge in [0.1, 0.15) is 5.84 Å². The summed E-state index contributed by atoms with van der Waals surface area (Å²) in [5.74, 6) is 1.11. The number of aliphatic imine (C=N–C) groups is 2. The van der Waals surface area contributed by atoms with Gasteiger partial charge in [0.2, 0.25) is 0 Å². The number of rotatable bonds is 4. The highest BCUT2D eigenvalue weighted by Crippen LogP contribution is 2.10. The average molecular weight is 327 g/mol. The zero-order valence-electron chi connectivity index (χ0n) is 14.3. The largest absolute Gasteiger partial charge is 0.383 e. The molecule has 0 saturated heterocycles. The molecule has 3 aromatic carbocycles. The summed E-state index contributed by atoms with van der Waals surface area (Å²) in [4.78, 5) is 9.31. The second-order valence-corrected chi connectivity index (χ2v) is 5.85. The first-order valence-electron chi connectivity index (χ1n) is 8.27. The lowest BCUT2D eigenvalue weighted by atomic mass is 10.1. The molecule has 0 radical (unpaired) electrons. The van der Waals surface area contributed by atoms with Gasteiger partial charge >= 0.3 is 0 Å². The molecular weight excluding hydrogens is 306 g/mol. The van der Waals surface area contributed by atoms with E-state index in [4.69, 9.17) is 10.7 Å². The van der Waals surface area contributed by atoms with Crippen LogP contribution in [0.5, 0.6) is 0 Å². The summed E-state index contributed by atoms with van der Waals surface area (Å²) in [5, 5.41) is 0. The van der Waals surface area contributed by atoms with E-state index < -0.39 is 0 Å². The molecule has 0 aliphatic heterocycles. The number of hydrogen-bond donors (Lipinski definition) is 1. The Morgan fingerprint density at radius 2 is 1.36 bits per heavy atom. The Kier molecular flexibility index (Phi) is 5.37. The molecule has 0 heterocycles. The highest BCUT2D eigenvalue weighted by atomic mass is 15.0. The number of aryl methyl sites for hydroxylation is 1. The maximum Gasteiger partial charge on any atom is 0.157 e. The maximum absolute atomic E-state index is 6.20. The third kappa shape index (κ3) is 4.64. The van der Waals surface area contributed by atoms with Crippen LogP contribution in [0.25, 0.3) is 0 Å². The normalized spacial score (nSPS) is 12.2. The first-order chi connectivity index (χ1) is 12.2. The predicted molar refractivity (Wildman–Crippen MR) is 105 cm³/mol. The molecule has 0 fully saturated rings. The lowest BCUT2D eigenvalue weighted by Crippen LogP contribution is -2.16. The summed E-state index contributed by atoms with van der Waals surface area (Å²) in [6.07, 6.45) is 0. The second-order valence-electron chi connectivity index (χ2n) is 5.85. The van der Waals surface area contributed by atoms with Crippen molar-refractivity contribution < 1.29 is 0 Å². The minimum absolute atomic E-state index is 0.466. The summed E-state index contributed by atoms with van der Waals surface area (Å²) < 4.78 is 0. The fourth-order valence-electron chi connectivity index (χ4n) is 2.43. The lowest BCUT2D eigenvalue weighted by molar-refractivity contribution is 1.06. The maximum atomic E-state index is 6.20. The van der Waals surface area contributed by atoms with Crippen LogP contribution in [-0.4, -0.2) is 11.7 Å². The van der Waals surface area contributed by atoms with Crippen molar-refractivity contribution in [3.63, 3.8) is 0 Å². The van der Waals surface area contributed by atoms with Crippen LogP contribution in [0.15, 0.2) is 94.9 Å². The number of nitrogens with zero attached hydrogens (tertiary/aromatic N) is 2. The standard InChI is InChI=1S/C22H21N3/c1-17-12-14-20(15-13-17)22(24-16-18-8-4-2-5-9-18)25-21(23)19-10-6-3-7-11-19/h2-15H,16H2,1H3,(H2,23,24,25). The molecule has 3 aromatic rings. The van der Waals surface area contributed by atoms with Crippen molar-refractivity contribution in [3.05, 3.63) is 107 Å². The van der Waals surface area contributed by atoms with Gasteiger partial charge in [0, 0.05) is 11.1 Å². The van der Waals surface area contributed by atoms with E-state index >= 15 is 0 Å². The van der Waals surface area contributed by atoms with Gasteiger partial charge in [-0.3, -0.25) is 4.99 Å². The molecule has 0 aliphatic carbocycles. The van der Waals surface area contributed by atoms with Gasteiger partial charge in [-0.2, -0.15) is 0 Å². The molecule has 0 atom stereocenters. The van der Waals surface area contributed by atoms with Gasteiger partial charge in [-0.1, -0.05) is 90.5 Å². The average Bonchev–Trinajstić information content (AvgIpc) is 2.67. The minimum atomic E-state index is 0.466. The molecule has 0 amide bonds. The number of amidine groups is 2. The molecule has 0 bridgehead atoms. The van der Waals surface area contributed by atoms with Crippen molar-refractivity contribution in [2.24, 2.45) is 15.7 Å². The summed E-state index contributed by atoms with van der Waals surface area (Å²) >= 11 is 0. The monoisotopic (exact) mass is 327 g/mol. The molecule has 0 aromatic heterocycles. The minimum Gasteiger partial charge on any atom is -0.383 e. The van der Waals surface area contributed by atoms with Crippen molar-refractivity contribution in [2.75, 3.05) is 0 Å². The molecule has 3 nitrogen and oxygen atoms in total. The van der Waals surface area contributed by atoms with E-state index in [9.17, 15) is 0 Å². The molecule has 124 valence electrons. The summed E-state index contributed by atoms with van der Waals surface area (Å²) in [7, 11) is 0. The van der Waals surface area contributed by atoms with Crippen LogP contribution in [0.1, 0.15) is 22.3 Å². The zero-order valence-corrected chi connectivity index (χ0v) is 14.3. The molecule has 3 heteroatoms. The zero-order chi connectivity index (χ0) is 17.5. The van der Waals surface area contributed by atoms with E-state index in [2.05, 4.69) is 36.2 Å². The Hall–Kier alpha value is -3.20. The first kappa shape index (κ1) is 16.7. The van der Waals surface area contributed by atoms with Crippen molar-refractivity contribution in [2.45, 2.75) is 13.5 Å². The van der Waals surface area contributed by atoms with E-state index in [1.165, 1.54) is 5.56 Å². The topological polar surface area (TPSA) is 50.7 Å². The molecule has 0 spiro atoms. The number of nitrogens with two attached hydrogens (primary N) is 1. The third-order valence-corrected chi connectivity index (χ3v) is 3.86. The van der Waals surface area contributed by atoms with E-state index in [0.29, 0.717) is 18.2 Å². The van der Waals surface area contributed by atoms with Crippen molar-refractivity contribution >= 4 is 11.7 Å². The highest BCUT2D eigenvalue weighted by molar-refractivity contribution is 6.10. The van der Waals surface area contributed by atoms with Crippen molar-refractivity contribution in [3.8, 4) is 0 Å². The van der Waals surface area contributed by atoms with Gasteiger partial charge in [-0.05, 0) is 12.5 Å². The highest BCUT2D eigenvalue weighted by Gasteiger charge is 2.05. The van der Waals surface area contributed by atoms with Crippen LogP contribution < -0.4 is 5.73 Å². The fraction of sp³-hybridized carbons (Fsp3) is 0.0909. The molecule has 0 unspecified atom stereocenters. The van der Waals surface area contributed by atoms with Gasteiger partial charge in [0.15, 0.2) is 5.84 Å². The van der Waals surface area contributed by atoms with E-state index in [1.807, 2.05) is 60.7 Å². The second kappa shape index (κ2) is 8.06. The Balaban J connectivity index is 1.95. The van der Waals surface area contributed by atoms with Gasteiger partial charge in [-0.15, -0.1) is 0 Å². The van der Waals surface area contributed by atoms with Crippen LogP contribution in [0.4, 0.5) is 0 Å². The lowest BCUT2D eigenvalue weighted by Gasteiger charge is -2.06. The van der Waals surface area contributed by atoms with Crippen LogP contribution in [-0.2, 0) is 6.54 Å². The van der Waals surface area contributed by atoms with Crippen LogP contribution in [0.3, 0.4) is 0 Å². The van der Waals surface area contributed by atoms with Gasteiger partial charge in [0.25, 0.3) is 0 Å². The predicted octanol–water partition coefficient (Wildman–Crippen LogP) is 4.35. The Morgan fingerprint density at radius 1 is 0.760 bits per heavy atom. The third-order valence-electron chi connectivity index (χ3n) is 3.86. The SMILES string of the molecule is Cc1ccc(C(N=C(N)c2ccccc2)=NCc2ccccc2)cc1. The van der Waals surface area contributed by atoms with E-state index in [-0.39, 0.29) is 0 Å². The Bertz CT molecular complexity index is 864. The molecular formula is C22H21N3.